The van der Waals surface area contributed by atoms with Crippen LogP contribution in [-0.2, 0) is 0 Å². The van der Waals surface area contributed by atoms with Crippen LogP contribution in [0.15, 0.2) is 0 Å². The van der Waals surface area contributed by atoms with Gasteiger partial charge in [0.25, 0.3) is 0 Å². The van der Waals surface area contributed by atoms with Gasteiger partial charge in [0.15, 0.2) is 0 Å². The Balaban J connectivity index is 1.40. The standard InChI is InChI=1S/C9H17N/c1-2-8(1)5-6-10-7-9-3-4-9/h8-10H,1-7H2. The van der Waals surface area contributed by atoms with E-state index < -0.39 is 0 Å². The zero-order valence-electron chi connectivity index (χ0n) is 6.60. The summed E-state index contributed by atoms with van der Waals surface area (Å²) in [7, 11) is 0. The van der Waals surface area contributed by atoms with E-state index in [1.165, 1.54) is 45.2 Å². The maximum atomic E-state index is 3.52. The predicted octanol–water partition coefficient (Wildman–Crippen LogP) is 1.79. The molecule has 1 N–H and O–H groups in total. The second-order valence-electron chi connectivity index (χ2n) is 3.88. The number of hydrogen-bond donors (Lipinski definition) is 1. The van der Waals surface area contributed by atoms with Crippen molar-refractivity contribution in [2.24, 2.45) is 11.8 Å². The van der Waals surface area contributed by atoms with Crippen molar-refractivity contribution >= 4 is 0 Å². The summed E-state index contributed by atoms with van der Waals surface area (Å²) in [5.41, 5.74) is 0. The molecule has 0 saturated heterocycles. The molecule has 0 heterocycles. The van der Waals surface area contributed by atoms with Crippen LogP contribution in [0.25, 0.3) is 0 Å². The topological polar surface area (TPSA) is 12.0 Å². The van der Waals surface area contributed by atoms with Crippen LogP contribution in [0.1, 0.15) is 32.1 Å². The normalized spacial score (nSPS) is 25.2. The van der Waals surface area contributed by atoms with Gasteiger partial charge in [0, 0.05) is 0 Å². The van der Waals surface area contributed by atoms with Crippen molar-refractivity contribution in [1.82, 2.24) is 5.32 Å². The third-order valence-electron chi connectivity index (χ3n) is 2.56. The van der Waals surface area contributed by atoms with Crippen LogP contribution in [0, 0.1) is 11.8 Å². The first-order chi connectivity index (χ1) is 4.95. The molecule has 0 aromatic carbocycles. The predicted molar refractivity (Wildman–Crippen MR) is 42.9 cm³/mol. The van der Waals surface area contributed by atoms with Gasteiger partial charge in [0.2, 0.25) is 0 Å². The first-order valence-electron chi connectivity index (χ1n) is 4.66. The van der Waals surface area contributed by atoms with Gasteiger partial charge >= 0.3 is 0 Å². The second kappa shape index (κ2) is 2.91. The molecule has 2 fully saturated rings. The average molecular weight is 139 g/mol. The Morgan fingerprint density at radius 2 is 1.70 bits per heavy atom. The molecule has 0 aromatic heterocycles. The number of hydrogen-bond acceptors (Lipinski definition) is 1. The summed E-state index contributed by atoms with van der Waals surface area (Å²) >= 11 is 0. The van der Waals surface area contributed by atoms with Crippen molar-refractivity contribution in [2.75, 3.05) is 13.1 Å². The Hall–Kier alpha value is -0.0400. The Bertz CT molecular complexity index is 89.3. The highest BCUT2D eigenvalue weighted by molar-refractivity contribution is 4.77. The summed E-state index contributed by atoms with van der Waals surface area (Å²) in [6.07, 6.45) is 7.41. The molecule has 0 aromatic rings. The fourth-order valence-corrected chi connectivity index (χ4v) is 1.34. The van der Waals surface area contributed by atoms with E-state index >= 15 is 0 Å². The van der Waals surface area contributed by atoms with Gasteiger partial charge in [-0.15, -0.1) is 0 Å². The molecule has 10 heavy (non-hydrogen) atoms. The van der Waals surface area contributed by atoms with Gasteiger partial charge in [-0.25, -0.2) is 0 Å². The van der Waals surface area contributed by atoms with Crippen molar-refractivity contribution in [3.05, 3.63) is 0 Å². The third kappa shape index (κ3) is 2.30. The van der Waals surface area contributed by atoms with E-state index in [2.05, 4.69) is 5.32 Å². The molecule has 2 rings (SSSR count). The number of rotatable bonds is 5. The van der Waals surface area contributed by atoms with E-state index in [1.807, 2.05) is 0 Å². The largest absolute Gasteiger partial charge is 0.316 e. The Kier molecular flexibility index (Phi) is 1.94. The van der Waals surface area contributed by atoms with Crippen molar-refractivity contribution < 1.29 is 0 Å². The highest BCUT2D eigenvalue weighted by Crippen LogP contribution is 2.32. The molecular formula is C9H17N. The Morgan fingerprint density at radius 3 is 2.30 bits per heavy atom. The lowest BCUT2D eigenvalue weighted by molar-refractivity contribution is 0.587. The molecule has 0 aliphatic heterocycles. The van der Waals surface area contributed by atoms with Gasteiger partial charge < -0.3 is 5.32 Å². The van der Waals surface area contributed by atoms with Crippen LogP contribution in [0.4, 0.5) is 0 Å². The summed E-state index contributed by atoms with van der Waals surface area (Å²) in [5.74, 6) is 2.16. The van der Waals surface area contributed by atoms with Gasteiger partial charge in [0.05, 0.1) is 0 Å². The zero-order chi connectivity index (χ0) is 6.81. The molecule has 0 amide bonds. The van der Waals surface area contributed by atoms with Crippen LogP contribution in [0.2, 0.25) is 0 Å². The molecule has 1 nitrogen and oxygen atoms in total. The van der Waals surface area contributed by atoms with E-state index in [-0.39, 0.29) is 0 Å². The van der Waals surface area contributed by atoms with Crippen LogP contribution < -0.4 is 5.32 Å². The molecule has 0 unspecified atom stereocenters. The molecule has 2 saturated carbocycles. The molecule has 0 bridgehead atoms. The molecular weight excluding hydrogens is 122 g/mol. The minimum Gasteiger partial charge on any atom is -0.316 e. The number of nitrogens with one attached hydrogen (secondary N) is 1. The SMILES string of the molecule is C(CC1CC1)NCC1CC1. The molecule has 2 aliphatic carbocycles. The fourth-order valence-electron chi connectivity index (χ4n) is 1.34. The fraction of sp³-hybridized carbons (Fsp3) is 1.00. The van der Waals surface area contributed by atoms with E-state index in [0.29, 0.717) is 0 Å². The molecule has 1 heteroatoms. The highest BCUT2D eigenvalue weighted by Gasteiger charge is 2.22. The van der Waals surface area contributed by atoms with Gasteiger partial charge in [-0.1, -0.05) is 12.8 Å². The van der Waals surface area contributed by atoms with Crippen molar-refractivity contribution in [3.8, 4) is 0 Å². The first-order valence-corrected chi connectivity index (χ1v) is 4.66. The van der Waals surface area contributed by atoms with Crippen LogP contribution >= 0.6 is 0 Å². The van der Waals surface area contributed by atoms with Gasteiger partial charge in [-0.3, -0.25) is 0 Å². The lowest BCUT2D eigenvalue weighted by Crippen LogP contribution is -2.18. The molecule has 0 spiro atoms. The van der Waals surface area contributed by atoms with Gasteiger partial charge in [-0.05, 0) is 44.2 Å². The lowest BCUT2D eigenvalue weighted by Gasteiger charge is -2.00. The minimum absolute atomic E-state index is 1.05. The van der Waals surface area contributed by atoms with E-state index in [4.69, 9.17) is 0 Å². The van der Waals surface area contributed by atoms with Crippen LogP contribution in [0.5, 0.6) is 0 Å². The van der Waals surface area contributed by atoms with E-state index in [1.54, 1.807) is 0 Å². The smallest absolute Gasteiger partial charge is 0.00205 e. The molecule has 0 radical (unpaired) electrons. The van der Waals surface area contributed by atoms with Gasteiger partial charge in [-0.2, -0.15) is 0 Å². The van der Waals surface area contributed by atoms with Crippen molar-refractivity contribution in [3.63, 3.8) is 0 Å². The van der Waals surface area contributed by atoms with Crippen LogP contribution in [-0.4, -0.2) is 13.1 Å². The first kappa shape index (κ1) is 6.66. The Morgan fingerprint density at radius 1 is 1.00 bits per heavy atom. The quantitative estimate of drug-likeness (QED) is 0.572. The monoisotopic (exact) mass is 139 g/mol. The summed E-state index contributed by atoms with van der Waals surface area (Å²) in [6.45, 7) is 2.58. The van der Waals surface area contributed by atoms with Crippen LogP contribution in [0.3, 0.4) is 0 Å². The lowest BCUT2D eigenvalue weighted by atomic mass is 10.3. The third-order valence-corrected chi connectivity index (χ3v) is 2.56. The minimum atomic E-state index is 1.05. The molecule has 58 valence electrons. The summed E-state index contributed by atoms with van der Waals surface area (Å²) < 4.78 is 0. The summed E-state index contributed by atoms with van der Waals surface area (Å²) in [6, 6.07) is 0. The Labute approximate surface area is 63.2 Å². The maximum absolute atomic E-state index is 3.52. The van der Waals surface area contributed by atoms with Crippen molar-refractivity contribution in [1.29, 1.82) is 0 Å². The average Bonchev–Trinajstić information content (AvgIpc) is 2.77. The molecule has 0 atom stereocenters. The van der Waals surface area contributed by atoms with E-state index in [9.17, 15) is 0 Å². The molecule has 2 aliphatic rings. The summed E-state index contributed by atoms with van der Waals surface area (Å²) in [5, 5.41) is 3.52. The summed E-state index contributed by atoms with van der Waals surface area (Å²) in [4.78, 5) is 0. The maximum Gasteiger partial charge on any atom is -0.00205 e. The van der Waals surface area contributed by atoms with E-state index in [0.717, 1.165) is 11.8 Å². The zero-order valence-corrected chi connectivity index (χ0v) is 6.60. The van der Waals surface area contributed by atoms with Crippen molar-refractivity contribution in [2.45, 2.75) is 32.1 Å². The van der Waals surface area contributed by atoms with Gasteiger partial charge in [0.1, 0.15) is 0 Å². The second-order valence-corrected chi connectivity index (χ2v) is 3.88. The highest BCUT2D eigenvalue weighted by atomic mass is 14.9.